The van der Waals surface area contributed by atoms with Crippen molar-refractivity contribution in [3.05, 3.63) is 0 Å². The molecule has 0 spiro atoms. The third kappa shape index (κ3) is 5.70. The van der Waals surface area contributed by atoms with Crippen LogP contribution in [0.1, 0.15) is 26.7 Å². The van der Waals surface area contributed by atoms with E-state index in [9.17, 15) is 4.79 Å². The number of rotatable bonds is 6. The molecule has 1 heterocycles. The van der Waals surface area contributed by atoms with E-state index in [4.69, 9.17) is 4.74 Å². The van der Waals surface area contributed by atoms with Gasteiger partial charge in [0.2, 0.25) is 0 Å². The minimum Gasteiger partial charge on any atom is -0.468 e. The van der Waals surface area contributed by atoms with E-state index in [0.29, 0.717) is 12.0 Å². The summed E-state index contributed by atoms with van der Waals surface area (Å²) in [6.45, 7) is 8.92. The van der Waals surface area contributed by atoms with E-state index in [1.54, 1.807) is 0 Å². The van der Waals surface area contributed by atoms with Crippen LogP contribution in [0.25, 0.3) is 0 Å². The van der Waals surface area contributed by atoms with Crippen LogP contribution in [0, 0.1) is 5.41 Å². The number of ether oxygens (including phenoxy) is 1. The second kappa shape index (κ2) is 7.90. The first kappa shape index (κ1) is 16.7. The molecule has 1 aliphatic rings. The van der Waals surface area contributed by atoms with E-state index in [1.807, 2.05) is 0 Å². The van der Waals surface area contributed by atoms with Gasteiger partial charge >= 0.3 is 5.97 Å². The summed E-state index contributed by atoms with van der Waals surface area (Å²) in [5.74, 6) is -0.136. The average molecular weight is 265 g/mol. The summed E-state index contributed by atoms with van der Waals surface area (Å²) in [5.41, 5.74) is 0.309. The van der Waals surface area contributed by atoms with E-state index in [0.717, 1.165) is 32.6 Å². The Morgan fingerprint density at radius 1 is 1.53 bits per heavy atom. The topological polar surface area (TPSA) is 41.6 Å². The SMILES string of the molecule is CCCN(CC(=O)OC)CC1(C)CCNC1.Cl. The summed E-state index contributed by atoms with van der Waals surface area (Å²) in [7, 11) is 1.45. The Morgan fingerprint density at radius 2 is 2.24 bits per heavy atom. The van der Waals surface area contributed by atoms with Gasteiger partial charge in [-0.05, 0) is 31.3 Å². The van der Waals surface area contributed by atoms with Crippen molar-refractivity contribution < 1.29 is 9.53 Å². The number of nitrogens with zero attached hydrogens (tertiary/aromatic N) is 1. The number of nitrogens with one attached hydrogen (secondary N) is 1. The van der Waals surface area contributed by atoms with Crippen LogP contribution in [-0.4, -0.2) is 50.7 Å². The Bertz CT molecular complexity index is 231. The van der Waals surface area contributed by atoms with Crippen molar-refractivity contribution in [3.8, 4) is 0 Å². The van der Waals surface area contributed by atoms with Gasteiger partial charge in [0.1, 0.15) is 0 Å². The van der Waals surface area contributed by atoms with Crippen molar-refractivity contribution in [2.45, 2.75) is 26.7 Å². The number of methoxy groups -OCH3 is 1. The van der Waals surface area contributed by atoms with Gasteiger partial charge in [-0.25, -0.2) is 0 Å². The molecular weight excluding hydrogens is 240 g/mol. The lowest BCUT2D eigenvalue weighted by Gasteiger charge is -2.31. The molecule has 5 heteroatoms. The van der Waals surface area contributed by atoms with E-state index in [-0.39, 0.29) is 18.4 Å². The highest BCUT2D eigenvalue weighted by Gasteiger charge is 2.30. The van der Waals surface area contributed by atoms with E-state index < -0.39 is 0 Å². The van der Waals surface area contributed by atoms with Gasteiger partial charge in [0, 0.05) is 13.1 Å². The van der Waals surface area contributed by atoms with E-state index >= 15 is 0 Å². The molecule has 0 aromatic carbocycles. The molecule has 1 rings (SSSR count). The summed E-state index contributed by atoms with van der Waals surface area (Å²) in [5, 5.41) is 3.38. The molecule has 0 aliphatic carbocycles. The highest BCUT2D eigenvalue weighted by molar-refractivity contribution is 5.85. The summed E-state index contributed by atoms with van der Waals surface area (Å²) in [6, 6.07) is 0. The normalized spacial score (nSPS) is 23.5. The number of carbonyl (C=O) groups is 1. The van der Waals surface area contributed by atoms with Gasteiger partial charge in [-0.15, -0.1) is 12.4 Å². The lowest BCUT2D eigenvalue weighted by atomic mass is 9.89. The van der Waals surface area contributed by atoms with Crippen LogP contribution in [0.4, 0.5) is 0 Å². The van der Waals surface area contributed by atoms with Crippen molar-refractivity contribution in [2.75, 3.05) is 39.8 Å². The molecule has 1 saturated heterocycles. The number of esters is 1. The fourth-order valence-electron chi connectivity index (χ4n) is 2.32. The molecule has 0 bridgehead atoms. The van der Waals surface area contributed by atoms with Gasteiger partial charge in [0.05, 0.1) is 13.7 Å². The first-order valence-electron chi connectivity index (χ1n) is 6.09. The van der Waals surface area contributed by atoms with Crippen LogP contribution >= 0.6 is 12.4 Å². The summed E-state index contributed by atoms with van der Waals surface area (Å²) in [4.78, 5) is 13.5. The first-order valence-corrected chi connectivity index (χ1v) is 6.09. The molecule has 0 radical (unpaired) electrons. The zero-order valence-electron chi connectivity index (χ0n) is 11.1. The highest BCUT2D eigenvalue weighted by atomic mass is 35.5. The van der Waals surface area contributed by atoms with Gasteiger partial charge in [0.25, 0.3) is 0 Å². The third-order valence-corrected chi connectivity index (χ3v) is 3.18. The van der Waals surface area contributed by atoms with Crippen molar-refractivity contribution >= 4 is 18.4 Å². The van der Waals surface area contributed by atoms with Crippen LogP contribution < -0.4 is 5.32 Å². The molecule has 102 valence electrons. The minimum absolute atomic E-state index is 0. The summed E-state index contributed by atoms with van der Waals surface area (Å²) < 4.78 is 4.73. The molecule has 0 amide bonds. The Morgan fingerprint density at radius 3 is 2.71 bits per heavy atom. The number of halogens is 1. The molecule has 1 N–H and O–H groups in total. The molecule has 1 atom stereocenters. The quantitative estimate of drug-likeness (QED) is 0.734. The fourth-order valence-corrected chi connectivity index (χ4v) is 2.32. The molecule has 4 nitrogen and oxygen atoms in total. The molecule has 0 saturated carbocycles. The molecule has 1 fully saturated rings. The monoisotopic (exact) mass is 264 g/mol. The molecule has 17 heavy (non-hydrogen) atoms. The maximum Gasteiger partial charge on any atom is 0.319 e. The van der Waals surface area contributed by atoms with Crippen LogP contribution in [0.2, 0.25) is 0 Å². The van der Waals surface area contributed by atoms with Gasteiger partial charge in [-0.1, -0.05) is 13.8 Å². The zero-order chi connectivity index (χ0) is 12.0. The minimum atomic E-state index is -0.136. The van der Waals surface area contributed by atoms with Gasteiger partial charge in [0.15, 0.2) is 0 Å². The Kier molecular flexibility index (Phi) is 7.75. The third-order valence-electron chi connectivity index (χ3n) is 3.18. The van der Waals surface area contributed by atoms with E-state index in [2.05, 4.69) is 24.1 Å². The zero-order valence-corrected chi connectivity index (χ0v) is 11.9. The Balaban J connectivity index is 0.00000256. The van der Waals surface area contributed by atoms with Crippen LogP contribution in [0.5, 0.6) is 0 Å². The standard InChI is InChI=1S/C12H24N2O2.ClH/c1-4-7-14(8-11(15)16-3)10-12(2)5-6-13-9-12;/h13H,4-10H2,1-3H3;1H. The molecule has 1 unspecified atom stereocenters. The average Bonchev–Trinajstić information content (AvgIpc) is 2.65. The smallest absolute Gasteiger partial charge is 0.319 e. The molecular formula is C12H25ClN2O2. The van der Waals surface area contributed by atoms with Crippen molar-refractivity contribution in [2.24, 2.45) is 5.41 Å². The van der Waals surface area contributed by atoms with Crippen molar-refractivity contribution in [1.29, 1.82) is 0 Å². The van der Waals surface area contributed by atoms with Crippen LogP contribution in [0.3, 0.4) is 0 Å². The molecule has 1 aliphatic heterocycles. The predicted molar refractivity (Wildman–Crippen MR) is 71.6 cm³/mol. The molecule has 0 aromatic heterocycles. The second-order valence-corrected chi connectivity index (χ2v) is 5.02. The fraction of sp³-hybridized carbons (Fsp3) is 0.917. The van der Waals surface area contributed by atoms with Crippen LogP contribution in [-0.2, 0) is 9.53 Å². The lowest BCUT2D eigenvalue weighted by molar-refractivity contribution is -0.142. The maximum atomic E-state index is 11.3. The van der Waals surface area contributed by atoms with Gasteiger partial charge in [-0.2, -0.15) is 0 Å². The first-order chi connectivity index (χ1) is 7.59. The highest BCUT2D eigenvalue weighted by Crippen LogP contribution is 2.25. The predicted octanol–water partition coefficient (Wildman–Crippen LogP) is 1.29. The molecule has 0 aromatic rings. The van der Waals surface area contributed by atoms with Crippen LogP contribution in [0.15, 0.2) is 0 Å². The Labute approximate surface area is 110 Å². The Hall–Kier alpha value is -0.320. The van der Waals surface area contributed by atoms with E-state index in [1.165, 1.54) is 13.5 Å². The maximum absolute atomic E-state index is 11.3. The largest absolute Gasteiger partial charge is 0.468 e. The van der Waals surface area contributed by atoms with Gasteiger partial charge in [-0.3, -0.25) is 9.69 Å². The lowest BCUT2D eigenvalue weighted by Crippen LogP contribution is -2.40. The van der Waals surface area contributed by atoms with Crippen molar-refractivity contribution in [3.63, 3.8) is 0 Å². The van der Waals surface area contributed by atoms with Crippen molar-refractivity contribution in [1.82, 2.24) is 10.2 Å². The number of hydrogen-bond donors (Lipinski definition) is 1. The van der Waals surface area contributed by atoms with Gasteiger partial charge < -0.3 is 10.1 Å². The number of hydrogen-bond acceptors (Lipinski definition) is 4. The second-order valence-electron chi connectivity index (χ2n) is 5.02. The summed E-state index contributed by atoms with van der Waals surface area (Å²) in [6.07, 6.45) is 2.26. The summed E-state index contributed by atoms with van der Waals surface area (Å²) >= 11 is 0. The number of carbonyl (C=O) groups excluding carboxylic acids is 1.